The van der Waals surface area contributed by atoms with Crippen LogP contribution in [0.5, 0.6) is 5.75 Å². The zero-order valence-corrected chi connectivity index (χ0v) is 16.7. The maximum absolute atomic E-state index is 12.6. The number of halogens is 1. The molecule has 1 heterocycles. The Balaban J connectivity index is 1.76. The summed E-state index contributed by atoms with van der Waals surface area (Å²) in [6.07, 6.45) is 1.48. The first kappa shape index (κ1) is 20.4. The molecular formula is C21H20ClN3O4. The van der Waals surface area contributed by atoms with Crippen LogP contribution in [0.3, 0.4) is 0 Å². The van der Waals surface area contributed by atoms with Gasteiger partial charge in [0.25, 0.3) is 5.91 Å². The topological polar surface area (TPSA) is 87.7 Å². The summed E-state index contributed by atoms with van der Waals surface area (Å²) < 4.78 is 5.53. The zero-order chi connectivity index (χ0) is 21.0. The molecule has 1 aliphatic heterocycles. The molecule has 2 N–H and O–H groups in total. The van der Waals surface area contributed by atoms with Gasteiger partial charge in [0.15, 0.2) is 0 Å². The van der Waals surface area contributed by atoms with Crippen molar-refractivity contribution in [3.8, 4) is 5.75 Å². The van der Waals surface area contributed by atoms with E-state index < -0.39 is 24.4 Å². The van der Waals surface area contributed by atoms with Gasteiger partial charge in [-0.2, -0.15) is 0 Å². The van der Waals surface area contributed by atoms with Crippen LogP contribution in [0, 0.1) is 6.92 Å². The summed E-state index contributed by atoms with van der Waals surface area (Å²) in [5.41, 5.74) is 2.10. The van der Waals surface area contributed by atoms with Gasteiger partial charge in [0.1, 0.15) is 18.0 Å². The minimum Gasteiger partial charge on any atom is -0.493 e. The lowest BCUT2D eigenvalue weighted by molar-refractivity contribution is -0.127. The summed E-state index contributed by atoms with van der Waals surface area (Å²) in [6.45, 7) is 3.72. The monoisotopic (exact) mass is 413 g/mol. The lowest BCUT2D eigenvalue weighted by Gasteiger charge is -2.13. The number of hydrogen-bond donors (Lipinski definition) is 2. The van der Waals surface area contributed by atoms with Gasteiger partial charge in [-0.15, -0.1) is 0 Å². The van der Waals surface area contributed by atoms with E-state index >= 15 is 0 Å². The standard InChI is InChI=1S/C21H20ClN3O4/c1-3-29-18-9-8-15(22)10-14(18)11-17-20(27)25(21(28)24-17)12-19(26)23-16-7-5-4-6-13(16)2/h4-11H,3,12H2,1-2H3,(H,23,26)(H,24,28). The van der Waals surface area contributed by atoms with Crippen molar-refractivity contribution in [3.63, 3.8) is 0 Å². The van der Waals surface area contributed by atoms with Crippen LogP contribution in [0.15, 0.2) is 48.2 Å². The van der Waals surface area contributed by atoms with Crippen molar-refractivity contribution in [2.45, 2.75) is 13.8 Å². The van der Waals surface area contributed by atoms with Gasteiger partial charge in [0.05, 0.1) is 6.61 Å². The predicted molar refractivity (Wildman–Crippen MR) is 111 cm³/mol. The third-order valence-corrected chi connectivity index (χ3v) is 4.49. The number of rotatable bonds is 6. The van der Waals surface area contributed by atoms with Gasteiger partial charge < -0.3 is 15.4 Å². The quantitative estimate of drug-likeness (QED) is 0.559. The number of carbonyl (C=O) groups is 3. The molecule has 4 amide bonds. The van der Waals surface area contributed by atoms with Crippen LogP contribution >= 0.6 is 11.6 Å². The van der Waals surface area contributed by atoms with Crippen LogP contribution in [0.1, 0.15) is 18.1 Å². The molecule has 1 fully saturated rings. The molecule has 0 atom stereocenters. The molecule has 8 heteroatoms. The molecule has 2 aromatic carbocycles. The predicted octanol–water partition coefficient (Wildman–Crippen LogP) is 3.58. The first-order valence-electron chi connectivity index (χ1n) is 9.01. The van der Waals surface area contributed by atoms with Gasteiger partial charge in [-0.3, -0.25) is 9.59 Å². The fourth-order valence-electron chi connectivity index (χ4n) is 2.84. The highest BCUT2D eigenvalue weighted by Crippen LogP contribution is 2.26. The number of amides is 4. The molecule has 0 radical (unpaired) electrons. The Morgan fingerprint density at radius 3 is 2.72 bits per heavy atom. The normalized spacial score (nSPS) is 14.9. The number of nitrogens with zero attached hydrogens (tertiary/aromatic N) is 1. The highest BCUT2D eigenvalue weighted by molar-refractivity contribution is 6.30. The third-order valence-electron chi connectivity index (χ3n) is 4.25. The number of hydrogen-bond acceptors (Lipinski definition) is 4. The number of imide groups is 1. The molecule has 150 valence electrons. The summed E-state index contributed by atoms with van der Waals surface area (Å²) in [5, 5.41) is 5.66. The second-order valence-corrected chi connectivity index (χ2v) is 6.79. The van der Waals surface area contributed by atoms with E-state index in [-0.39, 0.29) is 5.70 Å². The lowest BCUT2D eigenvalue weighted by Crippen LogP contribution is -2.38. The molecule has 3 rings (SSSR count). The second kappa shape index (κ2) is 8.79. The van der Waals surface area contributed by atoms with E-state index in [0.717, 1.165) is 10.5 Å². The summed E-state index contributed by atoms with van der Waals surface area (Å²) in [5.74, 6) is -0.540. The van der Waals surface area contributed by atoms with E-state index in [1.165, 1.54) is 6.08 Å². The Hall–Kier alpha value is -3.32. The number of aryl methyl sites for hydroxylation is 1. The molecule has 7 nitrogen and oxygen atoms in total. The van der Waals surface area contributed by atoms with Crippen LogP contribution in [0.25, 0.3) is 6.08 Å². The van der Waals surface area contributed by atoms with Crippen LogP contribution in [0.2, 0.25) is 5.02 Å². The number of anilines is 1. The Bertz CT molecular complexity index is 1000. The number of carbonyl (C=O) groups excluding carboxylic acids is 3. The summed E-state index contributed by atoms with van der Waals surface area (Å²) >= 11 is 6.03. The number of para-hydroxylation sites is 1. The van der Waals surface area contributed by atoms with E-state index in [1.54, 1.807) is 30.3 Å². The number of nitrogens with one attached hydrogen (secondary N) is 2. The average molecular weight is 414 g/mol. The molecule has 0 aliphatic carbocycles. The zero-order valence-electron chi connectivity index (χ0n) is 16.0. The maximum Gasteiger partial charge on any atom is 0.329 e. The number of benzene rings is 2. The smallest absolute Gasteiger partial charge is 0.329 e. The molecule has 0 unspecified atom stereocenters. The molecule has 0 aromatic heterocycles. The largest absolute Gasteiger partial charge is 0.493 e. The van der Waals surface area contributed by atoms with Crippen LogP contribution in [-0.4, -0.2) is 35.9 Å². The third kappa shape index (κ3) is 4.75. The van der Waals surface area contributed by atoms with Crippen LogP contribution < -0.4 is 15.4 Å². The van der Waals surface area contributed by atoms with Crippen molar-refractivity contribution in [1.82, 2.24) is 10.2 Å². The van der Waals surface area contributed by atoms with Crippen LogP contribution in [0.4, 0.5) is 10.5 Å². The van der Waals surface area contributed by atoms with Crippen molar-refractivity contribution in [3.05, 3.63) is 64.3 Å². The molecule has 29 heavy (non-hydrogen) atoms. The summed E-state index contributed by atoms with van der Waals surface area (Å²) in [6, 6.07) is 11.6. The Kier molecular flexibility index (Phi) is 6.19. The number of urea groups is 1. The van der Waals surface area contributed by atoms with E-state index in [0.29, 0.717) is 28.6 Å². The molecule has 1 aliphatic rings. The van der Waals surface area contributed by atoms with Gasteiger partial charge >= 0.3 is 6.03 Å². The highest BCUT2D eigenvalue weighted by Gasteiger charge is 2.35. The first-order chi connectivity index (χ1) is 13.9. The molecule has 1 saturated heterocycles. The van der Waals surface area contributed by atoms with E-state index in [1.807, 2.05) is 26.0 Å². The van der Waals surface area contributed by atoms with Gasteiger partial charge in [-0.05, 0) is 49.8 Å². The lowest BCUT2D eigenvalue weighted by atomic mass is 10.1. The first-order valence-corrected chi connectivity index (χ1v) is 9.39. The molecule has 0 spiro atoms. The molecule has 0 saturated carbocycles. The van der Waals surface area contributed by atoms with E-state index in [9.17, 15) is 14.4 Å². The molecular weight excluding hydrogens is 394 g/mol. The van der Waals surface area contributed by atoms with Gasteiger partial charge in [0.2, 0.25) is 5.91 Å². The summed E-state index contributed by atoms with van der Waals surface area (Å²) in [7, 11) is 0. The Morgan fingerprint density at radius 1 is 1.24 bits per heavy atom. The minimum absolute atomic E-state index is 0.0434. The van der Waals surface area contributed by atoms with Crippen molar-refractivity contribution >= 4 is 41.2 Å². The van der Waals surface area contributed by atoms with E-state index in [4.69, 9.17) is 16.3 Å². The van der Waals surface area contributed by atoms with Crippen LogP contribution in [-0.2, 0) is 9.59 Å². The Morgan fingerprint density at radius 2 is 2.00 bits per heavy atom. The van der Waals surface area contributed by atoms with Crippen molar-refractivity contribution in [2.75, 3.05) is 18.5 Å². The average Bonchev–Trinajstić information content (AvgIpc) is 2.93. The van der Waals surface area contributed by atoms with Gasteiger partial charge in [-0.1, -0.05) is 29.8 Å². The maximum atomic E-state index is 12.6. The molecule has 2 aromatic rings. The fourth-order valence-corrected chi connectivity index (χ4v) is 3.02. The minimum atomic E-state index is -0.666. The summed E-state index contributed by atoms with van der Waals surface area (Å²) in [4.78, 5) is 38.1. The van der Waals surface area contributed by atoms with Gasteiger partial charge in [0, 0.05) is 16.3 Å². The SMILES string of the molecule is CCOc1ccc(Cl)cc1C=C1NC(=O)N(CC(=O)Nc2ccccc2C)C1=O. The second-order valence-electron chi connectivity index (χ2n) is 6.36. The highest BCUT2D eigenvalue weighted by atomic mass is 35.5. The molecule has 0 bridgehead atoms. The van der Waals surface area contributed by atoms with Crippen molar-refractivity contribution in [2.24, 2.45) is 0 Å². The van der Waals surface area contributed by atoms with Crippen molar-refractivity contribution in [1.29, 1.82) is 0 Å². The van der Waals surface area contributed by atoms with Gasteiger partial charge in [-0.25, -0.2) is 9.69 Å². The van der Waals surface area contributed by atoms with Crippen molar-refractivity contribution < 1.29 is 19.1 Å². The fraction of sp³-hybridized carbons (Fsp3) is 0.190. The Labute approximate surface area is 173 Å². The van der Waals surface area contributed by atoms with E-state index in [2.05, 4.69) is 10.6 Å². The number of ether oxygens (including phenoxy) is 1.